The van der Waals surface area contributed by atoms with E-state index in [9.17, 15) is 32.5 Å². The van der Waals surface area contributed by atoms with Crippen LogP contribution in [0.3, 0.4) is 0 Å². The molecule has 0 aliphatic heterocycles. The molecule has 0 spiro atoms. The average Bonchev–Trinajstić information content (AvgIpc) is 3.00. The molecule has 1 aliphatic rings. The minimum absolute atomic E-state index is 0.0891. The van der Waals surface area contributed by atoms with Crippen molar-refractivity contribution in [3.63, 3.8) is 0 Å². The van der Waals surface area contributed by atoms with Crippen molar-refractivity contribution in [1.82, 2.24) is 15.5 Å². The summed E-state index contributed by atoms with van der Waals surface area (Å²) in [5, 5.41) is 15.9. The molecule has 1 fully saturated rings. The SMILES string of the molecule is CN(CCc1ccccc1)C(=O)CCC(NC(=O)C(CC1CCCCC1)NC(=O)OCc1cccc(Cl)c1)C(O)S(=O)(=O)O. The molecule has 0 aromatic heterocycles. The number of rotatable bonds is 15. The highest BCUT2D eigenvalue weighted by Crippen LogP contribution is 2.27. The smallest absolute Gasteiger partial charge is 0.408 e. The van der Waals surface area contributed by atoms with E-state index >= 15 is 0 Å². The largest absolute Gasteiger partial charge is 0.445 e. The van der Waals surface area contributed by atoms with Crippen molar-refractivity contribution in [3.8, 4) is 0 Å². The molecule has 3 unspecified atom stereocenters. The second-order valence-electron chi connectivity index (χ2n) is 11.3. The maximum atomic E-state index is 13.5. The van der Waals surface area contributed by atoms with Gasteiger partial charge in [-0.2, -0.15) is 8.42 Å². The summed E-state index contributed by atoms with van der Waals surface area (Å²) in [6.45, 7) is 0.319. The number of carbonyl (C=O) groups excluding carboxylic acids is 3. The van der Waals surface area contributed by atoms with Crippen LogP contribution >= 0.6 is 11.6 Å². The Kier molecular flexibility index (Phi) is 13.9. The Morgan fingerprint density at radius 1 is 1.02 bits per heavy atom. The number of nitrogens with zero attached hydrogens (tertiary/aromatic N) is 1. The lowest BCUT2D eigenvalue weighted by Crippen LogP contribution is -2.54. The molecular formula is C31H42ClN3O8S. The van der Waals surface area contributed by atoms with Gasteiger partial charge >= 0.3 is 6.09 Å². The Hall–Kier alpha value is -3.19. The molecule has 0 bridgehead atoms. The third-order valence-corrected chi connectivity index (χ3v) is 8.99. The predicted octanol–water partition coefficient (Wildman–Crippen LogP) is 4.08. The highest BCUT2D eigenvalue weighted by molar-refractivity contribution is 7.86. The standard InChI is InChI=1S/C31H42ClN3O8S/c1-35(18-17-22-9-4-2-5-10-22)28(36)16-15-26(30(38)44(40,41)42)33-29(37)27(20-23-11-6-3-7-12-23)34-31(39)43-21-24-13-8-14-25(32)19-24/h2,4-5,8-10,13-14,19,23,26-27,30,38H,3,6-7,11-12,15-18,20-21H2,1H3,(H,33,37)(H,34,39)(H,40,41,42). The van der Waals surface area contributed by atoms with Gasteiger partial charge in [0.05, 0.1) is 6.04 Å². The molecule has 0 saturated heterocycles. The van der Waals surface area contributed by atoms with Crippen molar-refractivity contribution in [2.45, 2.75) is 81.9 Å². The molecule has 0 heterocycles. The van der Waals surface area contributed by atoms with Crippen LogP contribution in [0, 0.1) is 5.92 Å². The molecule has 1 aliphatic carbocycles. The molecular weight excluding hydrogens is 610 g/mol. The van der Waals surface area contributed by atoms with Crippen LogP contribution in [0.15, 0.2) is 54.6 Å². The maximum Gasteiger partial charge on any atom is 0.408 e. The number of halogens is 1. The van der Waals surface area contributed by atoms with Crippen molar-refractivity contribution in [2.75, 3.05) is 13.6 Å². The summed E-state index contributed by atoms with van der Waals surface area (Å²) in [6, 6.07) is 13.7. The van der Waals surface area contributed by atoms with Crippen LogP contribution in [0.5, 0.6) is 0 Å². The second-order valence-corrected chi connectivity index (χ2v) is 13.2. The molecule has 0 radical (unpaired) electrons. The number of hydrogen-bond donors (Lipinski definition) is 4. The first-order valence-corrected chi connectivity index (χ1v) is 16.7. The summed E-state index contributed by atoms with van der Waals surface area (Å²) in [6.07, 6.45) is 4.34. The first-order valence-electron chi connectivity index (χ1n) is 14.8. The van der Waals surface area contributed by atoms with Gasteiger partial charge in [-0.1, -0.05) is 86.2 Å². The first-order chi connectivity index (χ1) is 20.9. The van der Waals surface area contributed by atoms with Gasteiger partial charge in [0.25, 0.3) is 10.1 Å². The Morgan fingerprint density at radius 2 is 1.70 bits per heavy atom. The van der Waals surface area contributed by atoms with Crippen LogP contribution in [0.4, 0.5) is 4.79 Å². The minimum atomic E-state index is -4.99. The van der Waals surface area contributed by atoms with Crippen LogP contribution in [0.25, 0.3) is 0 Å². The van der Waals surface area contributed by atoms with Gasteiger partial charge in [0.2, 0.25) is 17.3 Å². The maximum absolute atomic E-state index is 13.5. The number of benzene rings is 2. The third kappa shape index (κ3) is 12.1. The predicted molar refractivity (Wildman–Crippen MR) is 166 cm³/mol. The number of hydrogen-bond acceptors (Lipinski definition) is 7. The summed E-state index contributed by atoms with van der Waals surface area (Å²) in [5.41, 5.74) is -0.684. The van der Waals surface area contributed by atoms with Gasteiger partial charge in [0.15, 0.2) is 0 Å². The fourth-order valence-corrected chi connectivity index (χ4v) is 6.09. The van der Waals surface area contributed by atoms with Crippen molar-refractivity contribution < 1.29 is 37.2 Å². The topological polar surface area (TPSA) is 162 Å². The number of aliphatic hydroxyl groups excluding tert-OH is 1. The summed E-state index contributed by atoms with van der Waals surface area (Å²) >= 11 is 5.99. The zero-order valence-corrected chi connectivity index (χ0v) is 26.4. The zero-order chi connectivity index (χ0) is 32.1. The Balaban J connectivity index is 1.65. The van der Waals surface area contributed by atoms with E-state index < -0.39 is 39.6 Å². The number of aliphatic hydroxyl groups is 1. The fraction of sp³-hybridized carbons (Fsp3) is 0.516. The van der Waals surface area contributed by atoms with Gasteiger partial charge in [0, 0.05) is 25.0 Å². The molecule has 3 amide bonds. The molecule has 2 aromatic carbocycles. The van der Waals surface area contributed by atoms with E-state index in [0.29, 0.717) is 23.6 Å². The van der Waals surface area contributed by atoms with E-state index in [1.807, 2.05) is 30.3 Å². The molecule has 3 rings (SSSR count). The summed E-state index contributed by atoms with van der Waals surface area (Å²) in [5.74, 6) is -0.949. The molecule has 242 valence electrons. The highest BCUT2D eigenvalue weighted by atomic mass is 35.5. The molecule has 3 atom stereocenters. The number of nitrogens with one attached hydrogen (secondary N) is 2. The molecule has 44 heavy (non-hydrogen) atoms. The van der Waals surface area contributed by atoms with Crippen LogP contribution in [-0.2, 0) is 37.5 Å². The van der Waals surface area contributed by atoms with Gasteiger partial charge in [-0.3, -0.25) is 14.1 Å². The molecule has 2 aromatic rings. The Bertz CT molecular complexity index is 1340. The summed E-state index contributed by atoms with van der Waals surface area (Å²) < 4.78 is 38.6. The molecule has 11 nitrogen and oxygen atoms in total. The summed E-state index contributed by atoms with van der Waals surface area (Å²) in [7, 11) is -3.38. The lowest BCUT2D eigenvalue weighted by molar-refractivity contribution is -0.131. The Morgan fingerprint density at radius 3 is 2.36 bits per heavy atom. The van der Waals surface area contributed by atoms with Gasteiger partial charge in [-0.25, -0.2) is 4.79 Å². The zero-order valence-electron chi connectivity index (χ0n) is 24.9. The van der Waals surface area contributed by atoms with Gasteiger partial charge < -0.3 is 25.4 Å². The molecule has 1 saturated carbocycles. The quantitative estimate of drug-likeness (QED) is 0.209. The Labute approximate surface area is 264 Å². The lowest BCUT2D eigenvalue weighted by atomic mass is 9.84. The molecule has 4 N–H and O–H groups in total. The van der Waals surface area contributed by atoms with E-state index in [2.05, 4.69) is 10.6 Å². The normalized spacial score (nSPS) is 15.9. The number of alkyl carbamates (subject to hydrolysis) is 1. The van der Waals surface area contributed by atoms with Gasteiger partial charge in [-0.05, 0) is 48.4 Å². The van der Waals surface area contributed by atoms with E-state index in [-0.39, 0.29) is 37.7 Å². The van der Waals surface area contributed by atoms with Crippen LogP contribution in [0.2, 0.25) is 5.02 Å². The van der Waals surface area contributed by atoms with Crippen LogP contribution < -0.4 is 10.6 Å². The van der Waals surface area contributed by atoms with Crippen molar-refractivity contribution in [3.05, 3.63) is 70.7 Å². The average molecular weight is 652 g/mol. The highest BCUT2D eigenvalue weighted by Gasteiger charge is 2.35. The van der Waals surface area contributed by atoms with Crippen molar-refractivity contribution in [2.24, 2.45) is 5.92 Å². The van der Waals surface area contributed by atoms with E-state index in [0.717, 1.165) is 37.7 Å². The fourth-order valence-electron chi connectivity index (χ4n) is 5.26. The minimum Gasteiger partial charge on any atom is -0.445 e. The van der Waals surface area contributed by atoms with E-state index in [1.165, 1.54) is 4.90 Å². The first kappa shape index (κ1) is 35.3. The monoisotopic (exact) mass is 651 g/mol. The van der Waals surface area contributed by atoms with Crippen molar-refractivity contribution in [1.29, 1.82) is 0 Å². The van der Waals surface area contributed by atoms with E-state index in [1.54, 1.807) is 31.3 Å². The van der Waals surface area contributed by atoms with Crippen LogP contribution in [0.1, 0.15) is 62.5 Å². The van der Waals surface area contributed by atoms with Gasteiger partial charge in [0.1, 0.15) is 12.6 Å². The van der Waals surface area contributed by atoms with Gasteiger partial charge in [-0.15, -0.1) is 0 Å². The van der Waals surface area contributed by atoms with Crippen LogP contribution in [-0.4, -0.2) is 72.0 Å². The number of ether oxygens (including phenoxy) is 1. The second kappa shape index (κ2) is 17.3. The number of carbonyl (C=O) groups is 3. The lowest BCUT2D eigenvalue weighted by Gasteiger charge is -2.29. The van der Waals surface area contributed by atoms with Crippen molar-refractivity contribution >= 4 is 39.6 Å². The number of likely N-dealkylation sites (N-methyl/N-ethyl adjacent to an activating group) is 1. The third-order valence-electron chi connectivity index (χ3n) is 7.81. The molecule has 13 heteroatoms. The van der Waals surface area contributed by atoms with E-state index in [4.69, 9.17) is 16.3 Å². The number of amides is 3. The summed E-state index contributed by atoms with van der Waals surface area (Å²) in [4.78, 5) is 40.5.